The van der Waals surface area contributed by atoms with Gasteiger partial charge in [0.2, 0.25) is 0 Å². The molecule has 2 rings (SSSR count). The third-order valence-electron chi connectivity index (χ3n) is 3.44. The summed E-state index contributed by atoms with van der Waals surface area (Å²) in [4.78, 5) is 4.09. The van der Waals surface area contributed by atoms with Crippen molar-refractivity contribution in [2.45, 2.75) is 31.7 Å². The van der Waals surface area contributed by atoms with Gasteiger partial charge in [-0.15, -0.1) is 0 Å². The van der Waals surface area contributed by atoms with Crippen LogP contribution in [0.1, 0.15) is 31.2 Å². The van der Waals surface area contributed by atoms with Gasteiger partial charge in [0.05, 0.1) is 5.02 Å². The summed E-state index contributed by atoms with van der Waals surface area (Å²) in [6.45, 7) is 2.17. The molecule has 0 spiro atoms. The smallest absolute Gasteiger partial charge is 0.126 e. The number of aromatic nitrogens is 1. The van der Waals surface area contributed by atoms with Crippen molar-refractivity contribution in [3.8, 4) is 0 Å². The van der Waals surface area contributed by atoms with E-state index in [1.807, 2.05) is 6.07 Å². The molecular weight excluding hydrogens is 210 g/mol. The van der Waals surface area contributed by atoms with E-state index in [1.54, 1.807) is 6.20 Å². The van der Waals surface area contributed by atoms with Gasteiger partial charge in [0.1, 0.15) is 5.82 Å². The van der Waals surface area contributed by atoms with Crippen molar-refractivity contribution < 1.29 is 0 Å². The maximum Gasteiger partial charge on any atom is 0.126 e. The number of rotatable bonds is 1. The first kappa shape index (κ1) is 10.7. The summed E-state index contributed by atoms with van der Waals surface area (Å²) >= 11 is 5.93. The molecular formula is C11H16ClN3. The van der Waals surface area contributed by atoms with E-state index in [4.69, 9.17) is 23.1 Å². The molecule has 0 aliphatic heterocycles. The van der Waals surface area contributed by atoms with Crippen molar-refractivity contribution in [2.24, 2.45) is 11.7 Å². The quantitative estimate of drug-likeness (QED) is 0.770. The maximum atomic E-state index is 6.00. The first-order chi connectivity index (χ1) is 7.09. The lowest BCUT2D eigenvalue weighted by molar-refractivity contribution is 0.479. The Morgan fingerprint density at radius 2 is 2.20 bits per heavy atom. The molecule has 0 radical (unpaired) electrons. The summed E-state index contributed by atoms with van der Waals surface area (Å²) in [7, 11) is 0. The molecule has 1 aliphatic carbocycles. The molecule has 1 heterocycles. The molecule has 3 atom stereocenters. The Labute approximate surface area is 94.8 Å². The summed E-state index contributed by atoms with van der Waals surface area (Å²) in [6.07, 6.45) is 3.71. The van der Waals surface area contributed by atoms with E-state index in [9.17, 15) is 0 Å². The molecule has 1 aromatic heterocycles. The van der Waals surface area contributed by atoms with E-state index in [-0.39, 0.29) is 6.04 Å². The highest BCUT2D eigenvalue weighted by molar-refractivity contribution is 6.30. The van der Waals surface area contributed by atoms with Crippen LogP contribution in [0, 0.1) is 5.92 Å². The highest BCUT2D eigenvalue weighted by Gasteiger charge is 2.32. The van der Waals surface area contributed by atoms with E-state index in [0.29, 0.717) is 22.7 Å². The minimum atomic E-state index is 0.272. The van der Waals surface area contributed by atoms with Crippen LogP contribution in [0.2, 0.25) is 5.02 Å². The van der Waals surface area contributed by atoms with Crippen LogP contribution in [0.4, 0.5) is 5.82 Å². The molecule has 4 heteroatoms. The topological polar surface area (TPSA) is 64.9 Å². The molecule has 0 aromatic carbocycles. The first-order valence-corrected chi connectivity index (χ1v) is 5.64. The first-order valence-electron chi connectivity index (χ1n) is 5.26. The average molecular weight is 226 g/mol. The van der Waals surface area contributed by atoms with Crippen LogP contribution in [-0.4, -0.2) is 11.0 Å². The lowest BCUT2D eigenvalue weighted by Gasteiger charge is -2.19. The molecule has 1 saturated carbocycles. The Bertz CT molecular complexity index is 367. The summed E-state index contributed by atoms with van der Waals surface area (Å²) in [6, 6.07) is 2.19. The van der Waals surface area contributed by atoms with Crippen molar-refractivity contribution in [1.29, 1.82) is 0 Å². The second-order valence-electron chi connectivity index (χ2n) is 4.33. The van der Waals surface area contributed by atoms with E-state index < -0.39 is 0 Å². The fraction of sp³-hybridized carbons (Fsp3) is 0.545. The summed E-state index contributed by atoms with van der Waals surface area (Å²) in [5, 5.41) is 0.645. The van der Waals surface area contributed by atoms with Gasteiger partial charge in [-0.05, 0) is 36.3 Å². The van der Waals surface area contributed by atoms with Gasteiger partial charge >= 0.3 is 0 Å². The molecule has 4 N–H and O–H groups in total. The van der Waals surface area contributed by atoms with Gasteiger partial charge in [-0.1, -0.05) is 18.5 Å². The second kappa shape index (κ2) is 3.99. The van der Waals surface area contributed by atoms with E-state index in [2.05, 4.69) is 11.9 Å². The predicted molar refractivity (Wildman–Crippen MR) is 62.8 cm³/mol. The number of hydrogen-bond acceptors (Lipinski definition) is 3. The summed E-state index contributed by atoms with van der Waals surface area (Å²) in [5.74, 6) is 1.45. The zero-order valence-electron chi connectivity index (χ0n) is 8.78. The minimum absolute atomic E-state index is 0.272. The number of nitrogens with zero attached hydrogens (tertiary/aromatic N) is 1. The molecule has 3 unspecified atom stereocenters. The molecule has 15 heavy (non-hydrogen) atoms. The number of nitrogen functional groups attached to an aromatic ring is 1. The third-order valence-corrected chi connectivity index (χ3v) is 3.64. The van der Waals surface area contributed by atoms with E-state index >= 15 is 0 Å². The van der Waals surface area contributed by atoms with Crippen LogP contribution in [-0.2, 0) is 0 Å². The monoisotopic (exact) mass is 225 g/mol. The molecule has 1 fully saturated rings. The van der Waals surface area contributed by atoms with Gasteiger partial charge < -0.3 is 11.5 Å². The van der Waals surface area contributed by atoms with Gasteiger partial charge in [0.25, 0.3) is 0 Å². The van der Waals surface area contributed by atoms with Crippen LogP contribution in [0.5, 0.6) is 0 Å². The van der Waals surface area contributed by atoms with Crippen LogP contribution in [0.15, 0.2) is 12.3 Å². The van der Waals surface area contributed by atoms with Gasteiger partial charge in [0.15, 0.2) is 0 Å². The fourth-order valence-corrected chi connectivity index (χ4v) is 2.56. The number of hydrogen-bond donors (Lipinski definition) is 2. The Balaban J connectivity index is 2.33. The fourth-order valence-electron chi connectivity index (χ4n) is 2.40. The number of nitrogens with two attached hydrogens (primary N) is 2. The highest BCUT2D eigenvalue weighted by Crippen LogP contribution is 2.40. The number of anilines is 1. The summed E-state index contributed by atoms with van der Waals surface area (Å²) in [5.41, 5.74) is 12.9. The average Bonchev–Trinajstić information content (AvgIpc) is 2.52. The Kier molecular flexibility index (Phi) is 2.85. The lowest BCUT2D eigenvalue weighted by atomic mass is 9.89. The molecule has 1 aliphatic rings. The lowest BCUT2D eigenvalue weighted by Crippen LogP contribution is -2.24. The second-order valence-corrected chi connectivity index (χ2v) is 4.77. The molecule has 1 aromatic rings. The van der Waals surface area contributed by atoms with Crippen LogP contribution in [0.3, 0.4) is 0 Å². The van der Waals surface area contributed by atoms with Crippen molar-refractivity contribution in [3.63, 3.8) is 0 Å². The van der Waals surface area contributed by atoms with E-state index in [1.165, 1.54) is 0 Å². The normalized spacial score (nSPS) is 30.7. The minimum Gasteiger partial charge on any atom is -0.383 e. The van der Waals surface area contributed by atoms with Gasteiger partial charge in [-0.25, -0.2) is 4.98 Å². The Morgan fingerprint density at radius 1 is 1.47 bits per heavy atom. The van der Waals surface area contributed by atoms with Crippen molar-refractivity contribution in [3.05, 3.63) is 22.8 Å². The maximum absolute atomic E-state index is 6.00. The third kappa shape index (κ3) is 1.94. The van der Waals surface area contributed by atoms with Gasteiger partial charge in [0, 0.05) is 12.2 Å². The zero-order chi connectivity index (χ0) is 11.0. The molecule has 0 saturated heterocycles. The summed E-state index contributed by atoms with van der Waals surface area (Å²) < 4.78 is 0. The largest absolute Gasteiger partial charge is 0.383 e. The zero-order valence-corrected chi connectivity index (χ0v) is 9.54. The van der Waals surface area contributed by atoms with Crippen LogP contribution < -0.4 is 11.5 Å². The molecule has 0 amide bonds. The highest BCUT2D eigenvalue weighted by atomic mass is 35.5. The number of halogens is 1. The Morgan fingerprint density at radius 3 is 2.80 bits per heavy atom. The number of pyridine rings is 1. The van der Waals surface area contributed by atoms with Crippen molar-refractivity contribution >= 4 is 17.4 Å². The molecule has 3 nitrogen and oxygen atoms in total. The molecule has 82 valence electrons. The van der Waals surface area contributed by atoms with E-state index in [0.717, 1.165) is 18.4 Å². The Hall–Kier alpha value is -0.800. The predicted octanol–water partition coefficient (Wildman–Crippen LogP) is 2.16. The van der Waals surface area contributed by atoms with Crippen LogP contribution in [0.25, 0.3) is 0 Å². The molecule has 0 bridgehead atoms. The van der Waals surface area contributed by atoms with Gasteiger partial charge in [-0.2, -0.15) is 0 Å². The van der Waals surface area contributed by atoms with Gasteiger partial charge in [-0.3, -0.25) is 0 Å². The van der Waals surface area contributed by atoms with Crippen LogP contribution >= 0.6 is 11.6 Å². The van der Waals surface area contributed by atoms with Crippen molar-refractivity contribution in [2.75, 3.05) is 5.73 Å². The standard InChI is InChI=1S/C11H16ClN3/c1-6-8(2-3-10(6)13)9-4-7(12)5-15-11(9)14/h4-6,8,10H,2-3,13H2,1H3,(H2,14,15). The SMILES string of the molecule is CC1C(N)CCC1c1cc(Cl)cnc1N. The van der Waals surface area contributed by atoms with Crippen molar-refractivity contribution in [1.82, 2.24) is 4.98 Å².